The van der Waals surface area contributed by atoms with Gasteiger partial charge < -0.3 is 9.64 Å². The Kier molecular flexibility index (Phi) is 4.25. The second-order valence-electron chi connectivity index (χ2n) is 6.70. The SMILES string of the molecule is COCc1nnc(NC(=O)[C@@H]2N3C(=O)c4ccccc4[C@@H]3SC2(C)C)s1. The van der Waals surface area contributed by atoms with E-state index in [9.17, 15) is 9.59 Å². The molecule has 0 radical (unpaired) electrons. The molecule has 4 rings (SSSR count). The number of methoxy groups -OCH3 is 1. The fourth-order valence-corrected chi connectivity index (χ4v) is 5.77. The van der Waals surface area contributed by atoms with Gasteiger partial charge in [0.15, 0.2) is 0 Å². The summed E-state index contributed by atoms with van der Waals surface area (Å²) in [7, 11) is 1.58. The zero-order valence-electron chi connectivity index (χ0n) is 14.6. The molecular weight excluding hydrogens is 372 g/mol. The number of nitrogens with zero attached hydrogens (tertiary/aromatic N) is 3. The standard InChI is InChI=1S/C17H18N4O3S2/c1-17(2)12(13(22)18-16-20-19-11(25-16)8-24-3)21-14(23)9-6-4-5-7-10(9)15(21)26-17/h4-7,12,15H,8H2,1-3H3,(H,18,20,22)/t12-,15-/m0/s1. The van der Waals surface area contributed by atoms with Gasteiger partial charge in [-0.05, 0) is 25.5 Å². The first kappa shape index (κ1) is 17.4. The summed E-state index contributed by atoms with van der Waals surface area (Å²) >= 11 is 2.91. The van der Waals surface area contributed by atoms with Crippen LogP contribution in [-0.4, -0.2) is 44.8 Å². The molecule has 1 N–H and O–H groups in total. The van der Waals surface area contributed by atoms with Crippen molar-refractivity contribution in [2.24, 2.45) is 0 Å². The fraction of sp³-hybridized carbons (Fsp3) is 0.412. The van der Waals surface area contributed by atoms with Crippen molar-refractivity contribution in [2.75, 3.05) is 12.4 Å². The first-order chi connectivity index (χ1) is 12.4. The monoisotopic (exact) mass is 390 g/mol. The van der Waals surface area contributed by atoms with Crippen LogP contribution >= 0.6 is 23.1 Å². The van der Waals surface area contributed by atoms with Crippen LogP contribution in [0.4, 0.5) is 5.13 Å². The number of carbonyl (C=O) groups excluding carboxylic acids is 2. The number of hydrogen-bond donors (Lipinski definition) is 1. The van der Waals surface area contributed by atoms with Crippen molar-refractivity contribution in [3.8, 4) is 0 Å². The third kappa shape index (κ3) is 2.70. The molecule has 2 atom stereocenters. The molecule has 1 aromatic heterocycles. The minimum atomic E-state index is -0.591. The van der Waals surface area contributed by atoms with Crippen molar-refractivity contribution in [2.45, 2.75) is 36.6 Å². The summed E-state index contributed by atoms with van der Waals surface area (Å²) in [4.78, 5) is 27.6. The average molecular weight is 390 g/mol. The molecule has 136 valence electrons. The van der Waals surface area contributed by atoms with E-state index in [4.69, 9.17) is 4.74 Å². The molecule has 1 fully saturated rings. The highest BCUT2D eigenvalue weighted by Crippen LogP contribution is 2.56. The lowest BCUT2D eigenvalue weighted by Gasteiger charge is -2.29. The maximum Gasteiger partial charge on any atom is 0.256 e. The molecule has 9 heteroatoms. The van der Waals surface area contributed by atoms with E-state index in [1.807, 2.05) is 38.1 Å². The van der Waals surface area contributed by atoms with E-state index in [1.165, 1.54) is 11.3 Å². The summed E-state index contributed by atoms with van der Waals surface area (Å²) in [5, 5.41) is 11.7. The second-order valence-corrected chi connectivity index (χ2v) is 9.50. The van der Waals surface area contributed by atoms with Crippen molar-refractivity contribution < 1.29 is 14.3 Å². The number of ether oxygens (including phenoxy) is 1. The zero-order chi connectivity index (χ0) is 18.5. The smallest absolute Gasteiger partial charge is 0.256 e. The maximum atomic E-state index is 13.0. The number of anilines is 1. The minimum Gasteiger partial charge on any atom is -0.377 e. The Morgan fingerprint density at radius 1 is 1.35 bits per heavy atom. The van der Waals surface area contributed by atoms with Gasteiger partial charge in [-0.25, -0.2) is 0 Å². The number of fused-ring (bicyclic) bond motifs is 3. The van der Waals surface area contributed by atoms with Crippen LogP contribution in [-0.2, 0) is 16.1 Å². The van der Waals surface area contributed by atoms with Gasteiger partial charge in [-0.3, -0.25) is 14.9 Å². The normalized spacial score (nSPS) is 23.0. The molecule has 2 aromatic rings. The Bertz CT molecular complexity index is 882. The summed E-state index contributed by atoms with van der Waals surface area (Å²) in [5.74, 6) is -0.340. The number of amides is 2. The average Bonchev–Trinajstić information content (AvgIpc) is 3.22. The molecule has 0 spiro atoms. The van der Waals surface area contributed by atoms with Crippen molar-refractivity contribution in [3.05, 3.63) is 40.4 Å². The Hall–Kier alpha value is -1.97. The van der Waals surface area contributed by atoms with Crippen LogP contribution in [0, 0.1) is 0 Å². The molecule has 7 nitrogen and oxygen atoms in total. The van der Waals surface area contributed by atoms with Crippen LogP contribution in [0.5, 0.6) is 0 Å². The van der Waals surface area contributed by atoms with E-state index in [0.29, 0.717) is 22.3 Å². The Labute approximate surface area is 159 Å². The van der Waals surface area contributed by atoms with Gasteiger partial charge in [-0.1, -0.05) is 29.5 Å². The molecule has 2 aliphatic heterocycles. The highest BCUT2D eigenvalue weighted by molar-refractivity contribution is 8.01. The first-order valence-corrected chi connectivity index (χ1v) is 9.83. The molecule has 3 heterocycles. The van der Waals surface area contributed by atoms with Gasteiger partial charge in [0, 0.05) is 17.4 Å². The minimum absolute atomic E-state index is 0.0961. The molecule has 2 aliphatic rings. The van der Waals surface area contributed by atoms with Crippen LogP contribution in [0.25, 0.3) is 0 Å². The van der Waals surface area contributed by atoms with Crippen LogP contribution in [0.1, 0.15) is 40.2 Å². The number of nitrogens with one attached hydrogen (secondary N) is 1. The highest BCUT2D eigenvalue weighted by Gasteiger charge is 2.57. The lowest BCUT2D eigenvalue weighted by molar-refractivity contribution is -0.121. The number of hydrogen-bond acceptors (Lipinski definition) is 7. The van der Waals surface area contributed by atoms with Gasteiger partial charge in [0.1, 0.15) is 23.0 Å². The summed E-state index contributed by atoms with van der Waals surface area (Å²) in [6, 6.07) is 6.97. The molecular formula is C17H18N4O3S2. The Balaban J connectivity index is 1.61. The Morgan fingerprint density at radius 3 is 2.88 bits per heavy atom. The summed E-state index contributed by atoms with van der Waals surface area (Å²) < 4.78 is 4.61. The second kappa shape index (κ2) is 6.33. The van der Waals surface area contributed by atoms with Crippen LogP contribution in [0.15, 0.2) is 24.3 Å². The van der Waals surface area contributed by atoms with Gasteiger partial charge in [-0.2, -0.15) is 0 Å². The summed E-state index contributed by atoms with van der Waals surface area (Å²) in [5.41, 5.74) is 1.65. The molecule has 1 aromatic carbocycles. The number of benzene rings is 1. The lowest BCUT2D eigenvalue weighted by atomic mass is 10.0. The number of thioether (sulfide) groups is 1. The van der Waals surface area contributed by atoms with Gasteiger partial charge in [0.05, 0.1) is 0 Å². The molecule has 1 saturated heterocycles. The van der Waals surface area contributed by atoms with Gasteiger partial charge in [-0.15, -0.1) is 22.0 Å². The predicted molar refractivity (Wildman–Crippen MR) is 100 cm³/mol. The molecule has 0 bridgehead atoms. The molecule has 2 amide bonds. The van der Waals surface area contributed by atoms with E-state index in [1.54, 1.807) is 23.8 Å². The van der Waals surface area contributed by atoms with E-state index in [-0.39, 0.29) is 17.2 Å². The molecule has 0 unspecified atom stereocenters. The van der Waals surface area contributed by atoms with E-state index in [0.717, 1.165) is 5.56 Å². The van der Waals surface area contributed by atoms with Crippen molar-refractivity contribution in [1.29, 1.82) is 0 Å². The third-order valence-corrected chi connectivity index (χ3v) is 6.86. The Morgan fingerprint density at radius 2 is 2.12 bits per heavy atom. The summed E-state index contributed by atoms with van der Waals surface area (Å²) in [6.45, 7) is 4.33. The van der Waals surface area contributed by atoms with Crippen molar-refractivity contribution >= 4 is 40.0 Å². The lowest BCUT2D eigenvalue weighted by Crippen LogP contribution is -2.50. The number of rotatable bonds is 4. The van der Waals surface area contributed by atoms with Crippen molar-refractivity contribution in [1.82, 2.24) is 15.1 Å². The van der Waals surface area contributed by atoms with Gasteiger partial charge in [0.25, 0.3) is 5.91 Å². The summed E-state index contributed by atoms with van der Waals surface area (Å²) in [6.07, 6.45) is 0. The largest absolute Gasteiger partial charge is 0.377 e. The first-order valence-electron chi connectivity index (χ1n) is 8.14. The van der Waals surface area contributed by atoms with Crippen LogP contribution < -0.4 is 5.32 Å². The number of aromatic nitrogens is 2. The molecule has 0 saturated carbocycles. The maximum absolute atomic E-state index is 13.0. The zero-order valence-corrected chi connectivity index (χ0v) is 16.2. The number of carbonyl (C=O) groups is 2. The topological polar surface area (TPSA) is 84.4 Å². The quantitative estimate of drug-likeness (QED) is 0.864. The molecule has 0 aliphatic carbocycles. The van der Waals surface area contributed by atoms with Crippen LogP contribution in [0.2, 0.25) is 0 Å². The van der Waals surface area contributed by atoms with E-state index >= 15 is 0 Å². The molecule has 26 heavy (non-hydrogen) atoms. The van der Waals surface area contributed by atoms with Crippen molar-refractivity contribution in [3.63, 3.8) is 0 Å². The van der Waals surface area contributed by atoms with Gasteiger partial charge >= 0.3 is 0 Å². The predicted octanol–water partition coefficient (Wildman–Crippen LogP) is 2.67. The highest BCUT2D eigenvalue weighted by atomic mass is 32.2. The van der Waals surface area contributed by atoms with E-state index in [2.05, 4.69) is 15.5 Å². The van der Waals surface area contributed by atoms with Gasteiger partial charge in [0.2, 0.25) is 11.0 Å². The van der Waals surface area contributed by atoms with E-state index < -0.39 is 10.8 Å². The third-order valence-electron chi connectivity index (χ3n) is 4.51. The van der Waals surface area contributed by atoms with Crippen LogP contribution in [0.3, 0.4) is 0 Å². The fourth-order valence-electron chi connectivity index (χ4n) is 3.46.